The summed E-state index contributed by atoms with van der Waals surface area (Å²) in [4.78, 5) is 2.07. The first kappa shape index (κ1) is 11.4. The van der Waals surface area contributed by atoms with E-state index in [9.17, 15) is 0 Å². The molecule has 0 heterocycles. The minimum absolute atomic E-state index is 0.0117. The summed E-state index contributed by atoms with van der Waals surface area (Å²) >= 11 is 0. The highest BCUT2D eigenvalue weighted by Gasteiger charge is 2.19. The van der Waals surface area contributed by atoms with Gasteiger partial charge in [0.1, 0.15) is 0 Å². The van der Waals surface area contributed by atoms with Crippen LogP contribution in [-0.2, 0) is 0 Å². The molecule has 0 unspecified atom stereocenters. The zero-order valence-electron chi connectivity index (χ0n) is 9.70. The highest BCUT2D eigenvalue weighted by molar-refractivity contribution is 5.70. The molecule has 1 aromatic rings. The summed E-state index contributed by atoms with van der Waals surface area (Å²) in [5.41, 5.74) is 8.12. The molecule has 3 nitrogen and oxygen atoms in total. The molecule has 0 aliphatic heterocycles. The second kappa shape index (κ2) is 3.82. The van der Waals surface area contributed by atoms with Gasteiger partial charge in [0.2, 0.25) is 0 Å². The monoisotopic (exact) mass is 203 g/mol. The highest BCUT2D eigenvalue weighted by atomic mass is 15.2. The van der Waals surface area contributed by atoms with Crippen LogP contribution in [0.15, 0.2) is 18.2 Å². The van der Waals surface area contributed by atoms with Crippen LogP contribution in [0.4, 0.5) is 11.4 Å². The van der Waals surface area contributed by atoms with Crippen molar-refractivity contribution < 1.29 is 0 Å². The number of rotatable bonds is 1. The molecule has 0 fully saturated rings. The lowest BCUT2D eigenvalue weighted by molar-refractivity contribution is 0.539. The van der Waals surface area contributed by atoms with Crippen LogP contribution >= 0.6 is 0 Å². The standard InChI is InChI=1S/C12H17N3/c1-12(2,3)15(4)11-7-9(8-13)5-6-10(11)14/h5-7H,14H2,1-4H3. The Morgan fingerprint density at radius 2 is 1.93 bits per heavy atom. The van der Waals surface area contributed by atoms with Gasteiger partial charge in [-0.15, -0.1) is 0 Å². The minimum atomic E-state index is -0.0117. The van der Waals surface area contributed by atoms with Crippen LogP contribution in [0.3, 0.4) is 0 Å². The van der Waals surface area contributed by atoms with E-state index in [-0.39, 0.29) is 5.54 Å². The summed E-state index contributed by atoms with van der Waals surface area (Å²) in [7, 11) is 1.98. The number of benzene rings is 1. The third kappa shape index (κ3) is 2.41. The van der Waals surface area contributed by atoms with Crippen LogP contribution in [0.25, 0.3) is 0 Å². The Morgan fingerprint density at radius 3 is 2.40 bits per heavy atom. The number of anilines is 2. The Hall–Kier alpha value is -1.69. The van der Waals surface area contributed by atoms with E-state index in [1.807, 2.05) is 13.1 Å². The fraction of sp³-hybridized carbons (Fsp3) is 0.417. The van der Waals surface area contributed by atoms with Crippen LogP contribution < -0.4 is 10.6 Å². The second-order valence-electron chi connectivity index (χ2n) is 4.62. The molecule has 1 rings (SSSR count). The van der Waals surface area contributed by atoms with Crippen molar-refractivity contribution in [3.05, 3.63) is 23.8 Å². The lowest BCUT2D eigenvalue weighted by atomic mass is 10.0. The molecule has 15 heavy (non-hydrogen) atoms. The van der Waals surface area contributed by atoms with E-state index in [0.29, 0.717) is 11.3 Å². The second-order valence-corrected chi connectivity index (χ2v) is 4.62. The van der Waals surface area contributed by atoms with E-state index in [1.54, 1.807) is 12.1 Å². The van der Waals surface area contributed by atoms with Gasteiger partial charge in [0.15, 0.2) is 0 Å². The first-order valence-electron chi connectivity index (χ1n) is 4.89. The normalized spacial score (nSPS) is 10.9. The fourth-order valence-corrected chi connectivity index (χ4v) is 1.27. The van der Waals surface area contributed by atoms with Crippen molar-refractivity contribution in [2.24, 2.45) is 0 Å². The molecule has 0 spiro atoms. The van der Waals surface area contributed by atoms with Crippen LogP contribution in [0, 0.1) is 11.3 Å². The molecule has 80 valence electrons. The quantitative estimate of drug-likeness (QED) is 0.713. The lowest BCUT2D eigenvalue weighted by Crippen LogP contribution is -2.38. The van der Waals surface area contributed by atoms with Crippen molar-refractivity contribution >= 4 is 11.4 Å². The van der Waals surface area contributed by atoms with Gasteiger partial charge < -0.3 is 10.6 Å². The fourth-order valence-electron chi connectivity index (χ4n) is 1.27. The number of nitrogen functional groups attached to an aromatic ring is 1. The molecule has 0 amide bonds. The van der Waals surface area contributed by atoms with Crippen molar-refractivity contribution in [3.8, 4) is 6.07 Å². The first-order chi connectivity index (χ1) is 6.86. The largest absolute Gasteiger partial charge is 0.397 e. The van der Waals surface area contributed by atoms with Crippen LogP contribution in [-0.4, -0.2) is 12.6 Å². The van der Waals surface area contributed by atoms with E-state index < -0.39 is 0 Å². The zero-order valence-corrected chi connectivity index (χ0v) is 9.70. The van der Waals surface area contributed by atoms with Gasteiger partial charge in [0.05, 0.1) is 23.0 Å². The molecule has 0 aliphatic carbocycles. The van der Waals surface area contributed by atoms with Gasteiger partial charge >= 0.3 is 0 Å². The van der Waals surface area contributed by atoms with E-state index in [2.05, 4.69) is 31.7 Å². The average molecular weight is 203 g/mol. The number of nitrogens with two attached hydrogens (primary N) is 1. The van der Waals surface area contributed by atoms with Crippen molar-refractivity contribution in [2.45, 2.75) is 26.3 Å². The third-order valence-corrected chi connectivity index (χ3v) is 2.53. The van der Waals surface area contributed by atoms with Gasteiger partial charge in [-0.05, 0) is 39.0 Å². The number of nitrogens with zero attached hydrogens (tertiary/aromatic N) is 2. The van der Waals surface area contributed by atoms with Crippen LogP contribution in [0.2, 0.25) is 0 Å². The molecule has 3 heteroatoms. The predicted octanol–water partition coefficient (Wildman–Crippen LogP) is 2.38. The molecule has 0 radical (unpaired) electrons. The molecule has 0 saturated carbocycles. The number of nitriles is 1. The zero-order chi connectivity index (χ0) is 11.6. The van der Waals surface area contributed by atoms with Crippen molar-refractivity contribution in [2.75, 3.05) is 17.7 Å². The molecular formula is C12H17N3. The topological polar surface area (TPSA) is 53.0 Å². The summed E-state index contributed by atoms with van der Waals surface area (Å²) in [6.07, 6.45) is 0. The summed E-state index contributed by atoms with van der Waals surface area (Å²) in [5.74, 6) is 0. The van der Waals surface area contributed by atoms with E-state index in [0.717, 1.165) is 5.69 Å². The molecule has 0 saturated heterocycles. The predicted molar refractivity (Wildman–Crippen MR) is 63.7 cm³/mol. The lowest BCUT2D eigenvalue weighted by Gasteiger charge is -2.34. The van der Waals surface area contributed by atoms with Gasteiger partial charge in [-0.3, -0.25) is 0 Å². The molecule has 0 aromatic heterocycles. The van der Waals surface area contributed by atoms with Gasteiger partial charge in [0.25, 0.3) is 0 Å². The number of hydrogen-bond donors (Lipinski definition) is 1. The van der Waals surface area contributed by atoms with E-state index in [1.165, 1.54) is 0 Å². The summed E-state index contributed by atoms with van der Waals surface area (Å²) in [5, 5.41) is 8.83. The molecule has 0 aliphatic rings. The minimum Gasteiger partial charge on any atom is -0.397 e. The first-order valence-corrected chi connectivity index (χ1v) is 4.89. The average Bonchev–Trinajstić information content (AvgIpc) is 2.16. The smallest absolute Gasteiger partial charge is 0.0992 e. The van der Waals surface area contributed by atoms with Gasteiger partial charge in [-0.2, -0.15) is 5.26 Å². The van der Waals surface area contributed by atoms with Crippen molar-refractivity contribution in [1.29, 1.82) is 5.26 Å². The Bertz CT molecular complexity index is 396. The Kier molecular flexibility index (Phi) is 2.90. The molecular weight excluding hydrogens is 186 g/mol. The van der Waals surface area contributed by atoms with Gasteiger partial charge in [-0.1, -0.05) is 0 Å². The van der Waals surface area contributed by atoms with Gasteiger partial charge in [0, 0.05) is 12.6 Å². The number of hydrogen-bond acceptors (Lipinski definition) is 3. The highest BCUT2D eigenvalue weighted by Crippen LogP contribution is 2.28. The maximum Gasteiger partial charge on any atom is 0.0992 e. The molecule has 2 N–H and O–H groups in total. The van der Waals surface area contributed by atoms with Crippen molar-refractivity contribution in [3.63, 3.8) is 0 Å². The Balaban J connectivity index is 3.20. The molecule has 0 atom stereocenters. The Morgan fingerprint density at radius 1 is 1.33 bits per heavy atom. The third-order valence-electron chi connectivity index (χ3n) is 2.53. The maximum absolute atomic E-state index is 8.83. The summed E-state index contributed by atoms with van der Waals surface area (Å²) in [6.45, 7) is 6.31. The maximum atomic E-state index is 8.83. The SMILES string of the molecule is CN(c1cc(C#N)ccc1N)C(C)(C)C. The van der Waals surface area contributed by atoms with E-state index >= 15 is 0 Å². The molecule has 0 bridgehead atoms. The van der Waals surface area contributed by atoms with Crippen molar-refractivity contribution in [1.82, 2.24) is 0 Å². The summed E-state index contributed by atoms with van der Waals surface area (Å²) in [6, 6.07) is 7.44. The Labute approximate surface area is 91.1 Å². The van der Waals surface area contributed by atoms with Crippen LogP contribution in [0.5, 0.6) is 0 Å². The summed E-state index contributed by atoms with van der Waals surface area (Å²) < 4.78 is 0. The molecule has 1 aromatic carbocycles. The van der Waals surface area contributed by atoms with Gasteiger partial charge in [-0.25, -0.2) is 0 Å². The van der Waals surface area contributed by atoms with Crippen LogP contribution in [0.1, 0.15) is 26.3 Å². The van der Waals surface area contributed by atoms with E-state index in [4.69, 9.17) is 11.0 Å².